The van der Waals surface area contributed by atoms with E-state index in [1.54, 1.807) is 31.5 Å². The maximum Gasteiger partial charge on any atom is 0.133 e. The van der Waals surface area contributed by atoms with E-state index in [-0.39, 0.29) is 11.8 Å². The van der Waals surface area contributed by atoms with Crippen LogP contribution in [-0.4, -0.2) is 51.3 Å². The van der Waals surface area contributed by atoms with Crippen molar-refractivity contribution >= 4 is 17.8 Å². The van der Waals surface area contributed by atoms with Gasteiger partial charge in [-0.2, -0.15) is 0 Å². The van der Waals surface area contributed by atoms with Gasteiger partial charge in [0.1, 0.15) is 30.6 Å². The van der Waals surface area contributed by atoms with E-state index in [1.807, 2.05) is 12.1 Å². The van der Waals surface area contributed by atoms with Gasteiger partial charge in [0.2, 0.25) is 0 Å². The molecule has 1 heterocycles. The first kappa shape index (κ1) is 18.7. The molecule has 1 aliphatic heterocycles. The minimum atomic E-state index is 0.179. The molecule has 0 spiro atoms. The smallest absolute Gasteiger partial charge is 0.133 e. The van der Waals surface area contributed by atoms with Crippen LogP contribution in [0.3, 0.4) is 0 Å². The molecule has 0 saturated carbocycles. The summed E-state index contributed by atoms with van der Waals surface area (Å²) in [6.45, 7) is 4.05. The van der Waals surface area contributed by atoms with E-state index in [0.29, 0.717) is 17.1 Å². The molecule has 138 valence electrons. The number of ether oxygens (including phenoxy) is 2. The zero-order valence-electron chi connectivity index (χ0n) is 14.8. The van der Waals surface area contributed by atoms with Gasteiger partial charge in [-0.1, -0.05) is 11.6 Å². The number of morpholine rings is 1. The minimum Gasteiger partial charge on any atom is -0.507 e. The molecule has 1 atom stereocenters. The van der Waals surface area contributed by atoms with Gasteiger partial charge in [0, 0.05) is 22.4 Å². The molecule has 2 N–H and O–H groups in total. The van der Waals surface area contributed by atoms with Crippen molar-refractivity contribution in [2.75, 3.05) is 40.0 Å². The van der Waals surface area contributed by atoms with Crippen LogP contribution in [-0.2, 0) is 4.74 Å². The molecule has 0 unspecified atom stereocenters. The van der Waals surface area contributed by atoms with Gasteiger partial charge in [0.05, 0.1) is 26.9 Å². The minimum absolute atomic E-state index is 0.179. The van der Waals surface area contributed by atoms with Crippen LogP contribution in [0.4, 0.5) is 0 Å². The molecule has 0 aromatic heterocycles. The number of aromatic hydroxyl groups is 1. The van der Waals surface area contributed by atoms with Crippen molar-refractivity contribution in [1.29, 1.82) is 0 Å². The lowest BCUT2D eigenvalue weighted by Crippen LogP contribution is -3.14. The zero-order chi connectivity index (χ0) is 18.4. The van der Waals surface area contributed by atoms with Gasteiger partial charge in [-0.25, -0.2) is 0 Å². The lowest BCUT2D eigenvalue weighted by atomic mass is 10.0. The molecule has 1 fully saturated rings. The Bertz CT molecular complexity index is 743. The quantitative estimate of drug-likeness (QED) is 0.760. The van der Waals surface area contributed by atoms with E-state index in [4.69, 9.17) is 21.1 Å². The standard InChI is InChI=1S/C20H23ClN2O3/c1-25-18-5-2-15(3-6-18)19(23-8-10-26-11-9-23)14-22-13-16-12-17(21)4-7-20(16)24/h2-7,12-13,19,24H,8-11,14H2,1H3/p+1/t19-/m0/s1. The number of hydrogen-bond acceptors (Lipinski definition) is 4. The highest BCUT2D eigenvalue weighted by molar-refractivity contribution is 6.30. The number of rotatable bonds is 6. The lowest BCUT2D eigenvalue weighted by Gasteiger charge is -2.31. The topological polar surface area (TPSA) is 55.5 Å². The summed E-state index contributed by atoms with van der Waals surface area (Å²) in [6.07, 6.45) is 1.69. The second-order valence-corrected chi connectivity index (χ2v) is 6.73. The summed E-state index contributed by atoms with van der Waals surface area (Å²) in [4.78, 5) is 6.05. The monoisotopic (exact) mass is 375 g/mol. The second-order valence-electron chi connectivity index (χ2n) is 6.29. The third kappa shape index (κ3) is 4.75. The van der Waals surface area contributed by atoms with Crippen LogP contribution >= 0.6 is 11.6 Å². The predicted molar refractivity (Wildman–Crippen MR) is 103 cm³/mol. The van der Waals surface area contributed by atoms with E-state index < -0.39 is 0 Å². The highest BCUT2D eigenvalue weighted by atomic mass is 35.5. The first-order valence-corrected chi connectivity index (χ1v) is 9.10. The van der Waals surface area contributed by atoms with Gasteiger partial charge < -0.3 is 19.5 Å². The van der Waals surface area contributed by atoms with Gasteiger partial charge in [-0.3, -0.25) is 4.99 Å². The third-order valence-electron chi connectivity index (χ3n) is 4.65. The van der Waals surface area contributed by atoms with E-state index >= 15 is 0 Å². The van der Waals surface area contributed by atoms with Crippen molar-refractivity contribution in [3.05, 3.63) is 58.6 Å². The van der Waals surface area contributed by atoms with E-state index in [0.717, 1.165) is 32.1 Å². The molecule has 6 heteroatoms. The number of methoxy groups -OCH3 is 1. The Kier molecular flexibility index (Phi) is 6.50. The molecule has 5 nitrogen and oxygen atoms in total. The third-order valence-corrected chi connectivity index (χ3v) is 4.89. The zero-order valence-corrected chi connectivity index (χ0v) is 15.6. The summed E-state index contributed by atoms with van der Waals surface area (Å²) in [5.74, 6) is 1.02. The van der Waals surface area contributed by atoms with Crippen LogP contribution in [0.5, 0.6) is 11.5 Å². The molecule has 3 rings (SSSR count). The van der Waals surface area contributed by atoms with E-state index in [1.165, 1.54) is 10.5 Å². The maximum absolute atomic E-state index is 9.94. The van der Waals surface area contributed by atoms with Crippen molar-refractivity contribution in [3.8, 4) is 11.5 Å². The first-order valence-electron chi connectivity index (χ1n) is 8.72. The summed E-state index contributed by atoms with van der Waals surface area (Å²) >= 11 is 6.00. The van der Waals surface area contributed by atoms with Gasteiger partial charge in [-0.15, -0.1) is 0 Å². The number of nitrogens with zero attached hydrogens (tertiary/aromatic N) is 1. The molecular formula is C20H24ClN2O3+. The molecule has 2 aromatic rings. The maximum atomic E-state index is 9.94. The molecule has 0 radical (unpaired) electrons. The molecule has 2 aromatic carbocycles. The number of aliphatic imine (C=N–C) groups is 1. The first-order chi connectivity index (χ1) is 12.7. The van der Waals surface area contributed by atoms with Crippen molar-refractivity contribution in [1.82, 2.24) is 0 Å². The molecule has 1 saturated heterocycles. The SMILES string of the molecule is COc1ccc([C@H](CN=Cc2cc(Cl)ccc2O)[NH+]2CCOCC2)cc1. The van der Waals surface area contributed by atoms with Gasteiger partial charge in [-0.05, 0) is 42.5 Å². The summed E-state index contributed by atoms with van der Waals surface area (Å²) in [5, 5.41) is 10.5. The number of quaternary nitrogens is 1. The van der Waals surface area contributed by atoms with Crippen molar-refractivity contribution in [2.24, 2.45) is 4.99 Å². The number of nitrogens with one attached hydrogen (secondary N) is 1. The van der Waals surface area contributed by atoms with Crippen LogP contribution in [0.2, 0.25) is 5.02 Å². The van der Waals surface area contributed by atoms with Gasteiger partial charge in [0.25, 0.3) is 0 Å². The molecule has 0 amide bonds. The number of phenolic OH excluding ortho intramolecular Hbond substituents is 1. The number of phenols is 1. The lowest BCUT2D eigenvalue weighted by molar-refractivity contribution is -0.937. The summed E-state index contributed by atoms with van der Waals surface area (Å²) < 4.78 is 10.8. The van der Waals surface area contributed by atoms with Crippen molar-refractivity contribution in [2.45, 2.75) is 6.04 Å². The van der Waals surface area contributed by atoms with Crippen LogP contribution in [0, 0.1) is 0 Å². The number of hydrogen-bond donors (Lipinski definition) is 2. The van der Waals surface area contributed by atoms with E-state index in [9.17, 15) is 5.11 Å². The summed E-state index contributed by atoms with van der Waals surface area (Å²) in [6, 6.07) is 13.3. The fourth-order valence-corrected chi connectivity index (χ4v) is 3.35. The number of benzene rings is 2. The summed E-state index contributed by atoms with van der Waals surface area (Å²) in [7, 11) is 1.67. The van der Waals surface area contributed by atoms with Gasteiger partial charge in [0.15, 0.2) is 0 Å². The molecular weight excluding hydrogens is 352 g/mol. The number of halogens is 1. The van der Waals surface area contributed by atoms with Crippen LogP contribution in [0.15, 0.2) is 47.5 Å². The second kappa shape index (κ2) is 9.03. The Hall–Kier alpha value is -2.08. The molecule has 1 aliphatic rings. The fourth-order valence-electron chi connectivity index (χ4n) is 3.17. The predicted octanol–water partition coefficient (Wildman–Crippen LogP) is 2.13. The highest BCUT2D eigenvalue weighted by Gasteiger charge is 2.26. The largest absolute Gasteiger partial charge is 0.507 e. The van der Waals surface area contributed by atoms with Crippen LogP contribution in [0.25, 0.3) is 0 Å². The average Bonchev–Trinajstić information content (AvgIpc) is 2.69. The average molecular weight is 376 g/mol. The Labute approximate surface area is 158 Å². The molecule has 0 bridgehead atoms. The van der Waals surface area contributed by atoms with Gasteiger partial charge >= 0.3 is 0 Å². The van der Waals surface area contributed by atoms with Crippen molar-refractivity contribution < 1.29 is 19.5 Å². The normalized spacial score (nSPS) is 16.7. The fraction of sp³-hybridized carbons (Fsp3) is 0.350. The van der Waals surface area contributed by atoms with Crippen LogP contribution in [0.1, 0.15) is 17.2 Å². The Morgan fingerprint density at radius 2 is 1.96 bits per heavy atom. The molecule has 0 aliphatic carbocycles. The van der Waals surface area contributed by atoms with Crippen LogP contribution < -0.4 is 9.64 Å². The molecule has 26 heavy (non-hydrogen) atoms. The van der Waals surface area contributed by atoms with Crippen molar-refractivity contribution in [3.63, 3.8) is 0 Å². The summed E-state index contributed by atoms with van der Waals surface area (Å²) in [5.41, 5.74) is 1.85. The Morgan fingerprint density at radius 3 is 2.65 bits per heavy atom. The Morgan fingerprint density at radius 1 is 1.23 bits per heavy atom. The Balaban J connectivity index is 1.78. The van der Waals surface area contributed by atoms with E-state index in [2.05, 4.69) is 17.1 Å². The highest BCUT2D eigenvalue weighted by Crippen LogP contribution is 2.20.